The zero-order valence-electron chi connectivity index (χ0n) is 23.5. The Kier molecular flexibility index (Phi) is 11.3. The molecule has 1 fully saturated rings. The molecular formula is C28H37F4N5O4. The number of anilines is 1. The number of hydrogen-bond donors (Lipinski definition) is 2. The molecule has 2 aromatic rings. The number of nitrogens with zero attached hydrogens (tertiary/aromatic N) is 3. The lowest BCUT2D eigenvalue weighted by molar-refractivity contribution is -0.160. The molecule has 0 unspecified atom stereocenters. The molecule has 1 saturated carbocycles. The summed E-state index contributed by atoms with van der Waals surface area (Å²) in [5.41, 5.74) is 0.221. The van der Waals surface area contributed by atoms with Crippen molar-refractivity contribution in [2.24, 2.45) is 5.92 Å². The van der Waals surface area contributed by atoms with Crippen molar-refractivity contribution in [3.63, 3.8) is 0 Å². The molecule has 1 aromatic carbocycles. The number of aromatic nitrogens is 2. The average Bonchev–Trinajstić information content (AvgIpc) is 3.24. The molecule has 1 heterocycles. The molecule has 226 valence electrons. The Morgan fingerprint density at radius 3 is 2.41 bits per heavy atom. The summed E-state index contributed by atoms with van der Waals surface area (Å²) in [6, 6.07) is 4.24. The Labute approximate surface area is 236 Å². The highest BCUT2D eigenvalue weighted by atomic mass is 19.4. The molecule has 3 rings (SSSR count). The van der Waals surface area contributed by atoms with Crippen LogP contribution < -0.4 is 10.6 Å². The predicted octanol–water partition coefficient (Wildman–Crippen LogP) is 4.50. The molecule has 0 saturated heterocycles. The summed E-state index contributed by atoms with van der Waals surface area (Å²) < 4.78 is 60.2. The molecule has 3 amide bonds. The number of carbonyl (C=O) groups is 3. The highest BCUT2D eigenvalue weighted by Gasteiger charge is 2.35. The van der Waals surface area contributed by atoms with Gasteiger partial charge in [-0.1, -0.05) is 31.7 Å². The number of likely N-dealkylation sites (N-methyl/N-ethyl adjacent to an activating group) is 1. The number of alkyl halides is 3. The van der Waals surface area contributed by atoms with Crippen molar-refractivity contribution in [1.29, 1.82) is 0 Å². The van der Waals surface area contributed by atoms with Crippen LogP contribution in [-0.4, -0.2) is 71.9 Å². The van der Waals surface area contributed by atoms with Crippen molar-refractivity contribution in [2.45, 2.75) is 70.1 Å². The second-order valence-electron chi connectivity index (χ2n) is 10.3. The molecule has 41 heavy (non-hydrogen) atoms. The third-order valence-electron chi connectivity index (χ3n) is 7.27. The van der Waals surface area contributed by atoms with E-state index in [1.165, 1.54) is 30.1 Å². The van der Waals surface area contributed by atoms with E-state index in [4.69, 9.17) is 4.74 Å². The highest BCUT2D eigenvalue weighted by Crippen LogP contribution is 2.29. The predicted molar refractivity (Wildman–Crippen MR) is 144 cm³/mol. The monoisotopic (exact) mass is 583 g/mol. The van der Waals surface area contributed by atoms with Crippen LogP contribution in [0, 0.1) is 11.7 Å². The van der Waals surface area contributed by atoms with Crippen molar-refractivity contribution in [1.82, 2.24) is 20.0 Å². The van der Waals surface area contributed by atoms with Crippen molar-refractivity contribution in [3.8, 4) is 0 Å². The highest BCUT2D eigenvalue weighted by molar-refractivity contribution is 6.00. The molecule has 0 spiro atoms. The van der Waals surface area contributed by atoms with Crippen LogP contribution in [-0.2, 0) is 20.9 Å². The van der Waals surface area contributed by atoms with E-state index in [1.807, 2.05) is 6.92 Å². The van der Waals surface area contributed by atoms with E-state index in [2.05, 4.69) is 15.7 Å². The Hall–Kier alpha value is -3.48. The van der Waals surface area contributed by atoms with Crippen molar-refractivity contribution in [3.05, 3.63) is 47.5 Å². The van der Waals surface area contributed by atoms with Gasteiger partial charge < -0.3 is 20.3 Å². The van der Waals surface area contributed by atoms with Gasteiger partial charge in [-0.2, -0.15) is 18.3 Å². The maximum absolute atomic E-state index is 15.2. The molecule has 1 aliphatic rings. The number of carbonyl (C=O) groups excluding carboxylic acids is 3. The van der Waals surface area contributed by atoms with Crippen LogP contribution in [0.5, 0.6) is 0 Å². The fourth-order valence-electron chi connectivity index (χ4n) is 5.18. The molecular weight excluding hydrogens is 546 g/mol. The Morgan fingerprint density at radius 2 is 1.83 bits per heavy atom. The Bertz CT molecular complexity index is 1190. The zero-order valence-corrected chi connectivity index (χ0v) is 23.5. The van der Waals surface area contributed by atoms with Gasteiger partial charge in [-0.15, -0.1) is 0 Å². The van der Waals surface area contributed by atoms with Gasteiger partial charge in [0, 0.05) is 26.9 Å². The molecule has 2 N–H and O–H groups in total. The van der Waals surface area contributed by atoms with E-state index < -0.39 is 48.2 Å². The fraction of sp³-hybridized carbons (Fsp3) is 0.571. The third-order valence-corrected chi connectivity index (χ3v) is 7.27. The largest absolute Gasteiger partial charge is 0.406 e. The van der Waals surface area contributed by atoms with Gasteiger partial charge in [-0.05, 0) is 49.4 Å². The van der Waals surface area contributed by atoms with E-state index in [0.717, 1.165) is 51.6 Å². The number of benzene rings is 1. The van der Waals surface area contributed by atoms with Crippen molar-refractivity contribution >= 4 is 23.4 Å². The number of methoxy groups -OCH3 is 1. The van der Waals surface area contributed by atoms with E-state index >= 15 is 4.39 Å². The maximum atomic E-state index is 15.2. The van der Waals surface area contributed by atoms with Crippen LogP contribution in [0.15, 0.2) is 30.5 Å². The van der Waals surface area contributed by atoms with Gasteiger partial charge in [0.1, 0.15) is 24.1 Å². The first-order chi connectivity index (χ1) is 19.4. The molecule has 1 aliphatic carbocycles. The van der Waals surface area contributed by atoms with E-state index in [9.17, 15) is 27.6 Å². The number of ether oxygens (including phenoxy) is 1. The van der Waals surface area contributed by atoms with Crippen LogP contribution in [0.3, 0.4) is 0 Å². The number of amides is 3. The molecule has 0 aliphatic heterocycles. The van der Waals surface area contributed by atoms with E-state index in [-0.39, 0.29) is 23.8 Å². The fourth-order valence-corrected chi connectivity index (χ4v) is 5.18. The van der Waals surface area contributed by atoms with Crippen LogP contribution in [0.25, 0.3) is 0 Å². The molecule has 0 radical (unpaired) electrons. The first kappa shape index (κ1) is 32.0. The average molecular weight is 584 g/mol. The van der Waals surface area contributed by atoms with Gasteiger partial charge >= 0.3 is 6.18 Å². The lowest BCUT2D eigenvalue weighted by Gasteiger charge is -2.27. The number of aryl methyl sites for hydroxylation is 1. The zero-order chi connectivity index (χ0) is 30.2. The molecule has 13 heteroatoms. The lowest BCUT2D eigenvalue weighted by Crippen LogP contribution is -2.49. The number of rotatable bonds is 11. The number of halogens is 4. The SMILES string of the molecule is CCn1nccc1C(=O)N[C@H](C(=O)Nc1ccc([C@@H](COC)C(=O)N(C)CC(F)(F)F)cc1F)C1CCCCCC1. The first-order valence-electron chi connectivity index (χ1n) is 13.7. The smallest absolute Gasteiger partial charge is 0.384 e. The van der Waals surface area contributed by atoms with Crippen LogP contribution in [0.4, 0.5) is 23.2 Å². The molecule has 9 nitrogen and oxygen atoms in total. The molecule has 1 aromatic heterocycles. The topological polar surface area (TPSA) is 106 Å². The maximum Gasteiger partial charge on any atom is 0.406 e. The summed E-state index contributed by atoms with van der Waals surface area (Å²) in [5.74, 6) is -4.16. The first-order valence-corrected chi connectivity index (χ1v) is 13.7. The van der Waals surface area contributed by atoms with Gasteiger partial charge in [-0.25, -0.2) is 4.39 Å². The quantitative estimate of drug-likeness (QED) is 0.300. The minimum atomic E-state index is -4.60. The second-order valence-corrected chi connectivity index (χ2v) is 10.3. The summed E-state index contributed by atoms with van der Waals surface area (Å²) in [5, 5.41) is 9.50. The molecule has 0 bridgehead atoms. The van der Waals surface area contributed by atoms with Gasteiger partial charge in [-0.3, -0.25) is 19.1 Å². The van der Waals surface area contributed by atoms with Crippen LogP contribution in [0.2, 0.25) is 0 Å². The van der Waals surface area contributed by atoms with Gasteiger partial charge in [0.25, 0.3) is 5.91 Å². The Balaban J connectivity index is 1.82. The number of hydrogen-bond acceptors (Lipinski definition) is 5. The van der Waals surface area contributed by atoms with Gasteiger partial charge in [0.15, 0.2) is 0 Å². The summed E-state index contributed by atoms with van der Waals surface area (Å²) in [6.45, 7) is 0.573. The standard InChI is InChI=1S/C28H37F4N5O4/c1-4-37-23(13-14-33-37)25(38)35-24(18-9-7-5-6-8-10-18)26(39)34-22-12-11-19(15-21(22)29)20(16-41-3)27(40)36(2)17-28(30,31)32/h11-15,18,20,24H,4-10,16-17H2,1-3H3,(H,34,39)(H,35,38)/t20-,24+/m1/s1. The lowest BCUT2D eigenvalue weighted by atomic mass is 9.90. The normalized spacial score (nSPS) is 16.0. The minimum Gasteiger partial charge on any atom is -0.384 e. The van der Waals surface area contributed by atoms with Crippen molar-refractivity contribution in [2.75, 3.05) is 32.6 Å². The number of nitrogens with one attached hydrogen (secondary N) is 2. The summed E-state index contributed by atoms with van der Waals surface area (Å²) in [7, 11) is 2.29. The summed E-state index contributed by atoms with van der Waals surface area (Å²) in [6.07, 6.45) is 2.20. The van der Waals surface area contributed by atoms with Gasteiger partial charge in [0.2, 0.25) is 11.8 Å². The minimum absolute atomic E-state index is 0.0998. The van der Waals surface area contributed by atoms with Crippen LogP contribution >= 0.6 is 0 Å². The summed E-state index contributed by atoms with van der Waals surface area (Å²) in [4.78, 5) is 39.8. The van der Waals surface area contributed by atoms with E-state index in [1.54, 1.807) is 6.07 Å². The van der Waals surface area contributed by atoms with Crippen molar-refractivity contribution < 1.29 is 36.7 Å². The third kappa shape index (κ3) is 8.75. The van der Waals surface area contributed by atoms with Gasteiger partial charge in [0.05, 0.1) is 18.2 Å². The summed E-state index contributed by atoms with van der Waals surface area (Å²) >= 11 is 0. The van der Waals surface area contributed by atoms with Crippen LogP contribution in [0.1, 0.15) is 67.4 Å². The van der Waals surface area contributed by atoms with E-state index in [0.29, 0.717) is 17.1 Å². The molecule has 2 atom stereocenters. The second kappa shape index (κ2) is 14.4. The Morgan fingerprint density at radius 1 is 1.15 bits per heavy atom.